The van der Waals surface area contributed by atoms with Crippen molar-refractivity contribution < 1.29 is 18.3 Å². The quantitative estimate of drug-likeness (QED) is 0.879. The van der Waals surface area contributed by atoms with E-state index < -0.39 is 17.5 Å². The largest absolute Gasteiger partial charge is 0.374 e. The molecule has 0 atom stereocenters. The molecule has 0 saturated heterocycles. The van der Waals surface area contributed by atoms with Gasteiger partial charge in [0, 0.05) is 12.1 Å². The minimum atomic E-state index is -1.04. The summed E-state index contributed by atoms with van der Waals surface area (Å²) in [6.07, 6.45) is 0.111. The molecule has 0 unspecified atom stereocenters. The second-order valence-corrected chi connectivity index (χ2v) is 5.44. The highest BCUT2D eigenvalue weighted by Crippen LogP contribution is 2.12. The van der Waals surface area contributed by atoms with Gasteiger partial charge in [-0.2, -0.15) is 0 Å². The van der Waals surface area contributed by atoms with E-state index in [4.69, 9.17) is 4.74 Å². The van der Waals surface area contributed by atoms with E-state index in [1.165, 1.54) is 6.07 Å². The third kappa shape index (κ3) is 4.86. The summed E-state index contributed by atoms with van der Waals surface area (Å²) >= 11 is 0. The Morgan fingerprint density at radius 1 is 1.09 bits per heavy atom. The van der Waals surface area contributed by atoms with Crippen LogP contribution in [0.15, 0.2) is 42.5 Å². The lowest BCUT2D eigenvalue weighted by atomic mass is 10.1. The Kier molecular flexibility index (Phi) is 5.82. The van der Waals surface area contributed by atoms with Crippen molar-refractivity contribution in [1.82, 2.24) is 5.32 Å². The van der Waals surface area contributed by atoms with Gasteiger partial charge in [-0.3, -0.25) is 4.79 Å². The van der Waals surface area contributed by atoms with E-state index in [1.54, 1.807) is 0 Å². The van der Waals surface area contributed by atoms with Gasteiger partial charge in [-0.05, 0) is 43.2 Å². The molecule has 2 aromatic carbocycles. The van der Waals surface area contributed by atoms with Crippen LogP contribution in [-0.2, 0) is 17.9 Å². The Labute approximate surface area is 134 Å². The maximum atomic E-state index is 13.2. The van der Waals surface area contributed by atoms with Crippen LogP contribution in [0.1, 0.15) is 35.3 Å². The van der Waals surface area contributed by atoms with E-state index in [2.05, 4.69) is 5.32 Å². The molecular formula is C18H19F2NO2. The van der Waals surface area contributed by atoms with Crippen molar-refractivity contribution in [2.45, 2.75) is 33.1 Å². The van der Waals surface area contributed by atoms with Gasteiger partial charge in [0.25, 0.3) is 5.91 Å². The molecule has 2 rings (SSSR count). The first-order chi connectivity index (χ1) is 11.0. The molecule has 1 amide bonds. The van der Waals surface area contributed by atoms with E-state index in [9.17, 15) is 13.6 Å². The number of carbonyl (C=O) groups excluding carboxylic acids is 1. The normalized spacial score (nSPS) is 10.8. The predicted octanol–water partition coefficient (Wildman–Crippen LogP) is 3.82. The maximum Gasteiger partial charge on any atom is 0.251 e. The Balaban J connectivity index is 2.02. The fourth-order valence-electron chi connectivity index (χ4n) is 2.04. The molecule has 0 heterocycles. The fraction of sp³-hybridized carbons (Fsp3) is 0.278. The van der Waals surface area contributed by atoms with Crippen LogP contribution in [0, 0.1) is 11.6 Å². The van der Waals surface area contributed by atoms with Crippen molar-refractivity contribution in [1.29, 1.82) is 0 Å². The summed E-state index contributed by atoms with van der Waals surface area (Å²) in [5.74, 6) is -2.47. The van der Waals surface area contributed by atoms with E-state index in [-0.39, 0.29) is 18.2 Å². The molecule has 0 aromatic heterocycles. The van der Waals surface area contributed by atoms with E-state index in [0.29, 0.717) is 6.61 Å². The number of carbonyl (C=O) groups is 1. The molecule has 0 spiro atoms. The van der Waals surface area contributed by atoms with E-state index >= 15 is 0 Å². The average molecular weight is 319 g/mol. The number of halogens is 2. The summed E-state index contributed by atoms with van der Waals surface area (Å²) < 4.78 is 31.7. The van der Waals surface area contributed by atoms with Gasteiger partial charge in [-0.25, -0.2) is 8.78 Å². The van der Waals surface area contributed by atoms with Crippen LogP contribution in [0.2, 0.25) is 0 Å². The predicted molar refractivity (Wildman–Crippen MR) is 83.9 cm³/mol. The van der Waals surface area contributed by atoms with Gasteiger partial charge in [-0.1, -0.05) is 24.3 Å². The summed E-state index contributed by atoms with van der Waals surface area (Å²) in [7, 11) is 0. The smallest absolute Gasteiger partial charge is 0.251 e. The minimum absolute atomic E-state index is 0.0832. The molecule has 0 saturated carbocycles. The van der Waals surface area contributed by atoms with Crippen LogP contribution in [0.5, 0.6) is 0 Å². The zero-order valence-electron chi connectivity index (χ0n) is 13.1. The molecule has 3 nitrogen and oxygen atoms in total. The van der Waals surface area contributed by atoms with Crippen LogP contribution >= 0.6 is 0 Å². The Morgan fingerprint density at radius 3 is 2.43 bits per heavy atom. The SMILES string of the molecule is CC(C)OCc1ccccc1CNC(=O)c1ccc(F)c(F)c1. The molecule has 0 aliphatic heterocycles. The van der Waals surface area contributed by atoms with Crippen molar-refractivity contribution in [3.8, 4) is 0 Å². The van der Waals surface area contributed by atoms with Crippen molar-refractivity contribution >= 4 is 5.91 Å². The lowest BCUT2D eigenvalue weighted by molar-refractivity contribution is 0.0651. The molecule has 0 radical (unpaired) electrons. The van der Waals surface area contributed by atoms with Crippen LogP contribution in [0.25, 0.3) is 0 Å². The van der Waals surface area contributed by atoms with Gasteiger partial charge in [0.1, 0.15) is 0 Å². The Morgan fingerprint density at radius 2 is 1.78 bits per heavy atom. The van der Waals surface area contributed by atoms with Crippen LogP contribution in [-0.4, -0.2) is 12.0 Å². The van der Waals surface area contributed by atoms with Crippen molar-refractivity contribution in [2.75, 3.05) is 0 Å². The molecular weight excluding hydrogens is 300 g/mol. The van der Waals surface area contributed by atoms with Gasteiger partial charge in [-0.15, -0.1) is 0 Å². The molecule has 122 valence electrons. The maximum absolute atomic E-state index is 13.2. The van der Waals surface area contributed by atoms with Gasteiger partial charge >= 0.3 is 0 Å². The number of amides is 1. The fourth-order valence-corrected chi connectivity index (χ4v) is 2.04. The zero-order valence-corrected chi connectivity index (χ0v) is 13.1. The first-order valence-electron chi connectivity index (χ1n) is 7.39. The van der Waals surface area contributed by atoms with Crippen LogP contribution in [0.3, 0.4) is 0 Å². The molecule has 0 aliphatic carbocycles. The molecule has 1 N–H and O–H groups in total. The van der Waals surface area contributed by atoms with Gasteiger partial charge in [0.2, 0.25) is 0 Å². The highest BCUT2D eigenvalue weighted by Gasteiger charge is 2.10. The summed E-state index contributed by atoms with van der Waals surface area (Å²) in [6, 6.07) is 10.7. The lowest BCUT2D eigenvalue weighted by Crippen LogP contribution is -2.23. The summed E-state index contributed by atoms with van der Waals surface area (Å²) in [5.41, 5.74) is 1.98. The molecule has 0 fully saturated rings. The molecule has 2 aromatic rings. The summed E-state index contributed by atoms with van der Waals surface area (Å²) in [5, 5.41) is 2.71. The number of rotatable bonds is 6. The second-order valence-electron chi connectivity index (χ2n) is 5.44. The first kappa shape index (κ1) is 17.1. The molecule has 0 bridgehead atoms. The number of benzene rings is 2. The summed E-state index contributed by atoms with van der Waals surface area (Å²) in [6.45, 7) is 4.64. The van der Waals surface area contributed by atoms with Crippen LogP contribution in [0.4, 0.5) is 8.78 Å². The first-order valence-corrected chi connectivity index (χ1v) is 7.39. The van der Waals surface area contributed by atoms with Gasteiger partial charge < -0.3 is 10.1 Å². The highest BCUT2D eigenvalue weighted by molar-refractivity contribution is 5.94. The van der Waals surface area contributed by atoms with Crippen molar-refractivity contribution in [3.05, 3.63) is 70.8 Å². The average Bonchev–Trinajstić information content (AvgIpc) is 2.53. The third-order valence-corrected chi connectivity index (χ3v) is 3.31. The molecule has 5 heteroatoms. The Bertz CT molecular complexity index is 686. The number of hydrogen-bond donors (Lipinski definition) is 1. The number of ether oxygens (including phenoxy) is 1. The standard InChI is InChI=1S/C18H19F2NO2/c1-12(2)23-11-15-6-4-3-5-14(15)10-21-18(22)13-7-8-16(19)17(20)9-13/h3-9,12H,10-11H2,1-2H3,(H,21,22). The number of nitrogens with one attached hydrogen (secondary N) is 1. The van der Waals surface area contributed by atoms with Crippen LogP contribution < -0.4 is 5.32 Å². The molecule has 23 heavy (non-hydrogen) atoms. The third-order valence-electron chi connectivity index (χ3n) is 3.31. The van der Waals surface area contributed by atoms with Gasteiger partial charge in [0.15, 0.2) is 11.6 Å². The van der Waals surface area contributed by atoms with Crippen molar-refractivity contribution in [3.63, 3.8) is 0 Å². The highest BCUT2D eigenvalue weighted by atomic mass is 19.2. The molecule has 0 aliphatic rings. The van der Waals surface area contributed by atoms with E-state index in [1.807, 2.05) is 38.1 Å². The second kappa shape index (κ2) is 7.83. The minimum Gasteiger partial charge on any atom is -0.374 e. The topological polar surface area (TPSA) is 38.3 Å². The zero-order chi connectivity index (χ0) is 16.8. The van der Waals surface area contributed by atoms with Gasteiger partial charge in [0.05, 0.1) is 12.7 Å². The van der Waals surface area contributed by atoms with Crippen molar-refractivity contribution in [2.24, 2.45) is 0 Å². The lowest BCUT2D eigenvalue weighted by Gasteiger charge is -2.13. The number of hydrogen-bond acceptors (Lipinski definition) is 2. The van der Waals surface area contributed by atoms with E-state index in [0.717, 1.165) is 23.3 Å². The Hall–Kier alpha value is -2.27. The summed E-state index contributed by atoms with van der Waals surface area (Å²) in [4.78, 5) is 12.0. The monoisotopic (exact) mass is 319 g/mol.